The number of carbonyl (C=O) groups is 1. The van der Waals surface area contributed by atoms with Gasteiger partial charge in [-0.15, -0.1) is 0 Å². The van der Waals surface area contributed by atoms with E-state index >= 15 is 0 Å². The van der Waals surface area contributed by atoms with Crippen molar-refractivity contribution in [1.29, 1.82) is 0 Å². The van der Waals surface area contributed by atoms with E-state index in [-0.39, 0.29) is 18.6 Å². The zero-order valence-electron chi connectivity index (χ0n) is 18.6. The number of aryl methyl sites for hydroxylation is 2. The lowest BCUT2D eigenvalue weighted by atomic mass is 10.0. The summed E-state index contributed by atoms with van der Waals surface area (Å²) in [6.07, 6.45) is 7.98. The lowest BCUT2D eigenvalue weighted by molar-refractivity contribution is -0.0261. The summed E-state index contributed by atoms with van der Waals surface area (Å²) in [7, 11) is 3.79. The van der Waals surface area contributed by atoms with Crippen molar-refractivity contribution in [2.24, 2.45) is 14.1 Å². The number of rotatable bonds is 5. The minimum atomic E-state index is -0.717. The van der Waals surface area contributed by atoms with E-state index in [1.165, 1.54) is 0 Å². The number of aliphatic hydroxyl groups excluding tert-OH is 1. The Balaban J connectivity index is 1.42. The maximum Gasteiger partial charge on any atom is 0.270 e. The molecule has 2 atom stereocenters. The van der Waals surface area contributed by atoms with Gasteiger partial charge in [0.05, 0.1) is 30.6 Å². The molecule has 0 aromatic carbocycles. The minimum Gasteiger partial charge on any atom is -0.389 e. The highest BCUT2D eigenvalue weighted by Gasteiger charge is 2.26. The molecule has 0 aliphatic carbocycles. The maximum absolute atomic E-state index is 13.0. The van der Waals surface area contributed by atoms with Crippen LogP contribution in [0.3, 0.4) is 0 Å². The number of nitrogens with zero attached hydrogens (tertiary/aromatic N) is 5. The molecule has 0 unspecified atom stereocenters. The van der Waals surface area contributed by atoms with E-state index in [0.717, 1.165) is 33.4 Å². The fourth-order valence-corrected chi connectivity index (χ4v) is 4.17. The molecule has 1 aliphatic rings. The molecule has 1 amide bonds. The van der Waals surface area contributed by atoms with Crippen molar-refractivity contribution in [2.75, 3.05) is 13.2 Å². The largest absolute Gasteiger partial charge is 0.389 e. The van der Waals surface area contributed by atoms with Gasteiger partial charge in [-0.3, -0.25) is 14.5 Å². The zero-order valence-corrected chi connectivity index (χ0v) is 18.6. The molecule has 1 fully saturated rings. The first-order chi connectivity index (χ1) is 16.0. The molecule has 1 aliphatic heterocycles. The first-order valence-electron chi connectivity index (χ1n) is 10.9. The van der Waals surface area contributed by atoms with Crippen LogP contribution in [0.1, 0.15) is 28.0 Å². The normalized spacial score (nSPS) is 18.5. The van der Waals surface area contributed by atoms with Crippen LogP contribution in [-0.2, 0) is 25.3 Å². The second-order valence-electron chi connectivity index (χ2n) is 8.47. The van der Waals surface area contributed by atoms with Crippen LogP contribution in [0.4, 0.5) is 0 Å². The quantitative estimate of drug-likeness (QED) is 0.485. The fourth-order valence-electron chi connectivity index (χ4n) is 4.17. The van der Waals surface area contributed by atoms with Crippen molar-refractivity contribution in [3.05, 3.63) is 65.9 Å². The summed E-state index contributed by atoms with van der Waals surface area (Å²) < 4.78 is 8.91. The van der Waals surface area contributed by atoms with Crippen molar-refractivity contribution in [3.63, 3.8) is 0 Å². The number of hydrogen-bond donors (Lipinski definition) is 2. The highest BCUT2D eigenvalue weighted by Crippen LogP contribution is 2.23. The topological polar surface area (TPSA) is 107 Å². The molecule has 0 spiro atoms. The van der Waals surface area contributed by atoms with Crippen LogP contribution in [0.15, 0.2) is 49.1 Å². The van der Waals surface area contributed by atoms with Gasteiger partial charge in [0.1, 0.15) is 11.3 Å². The average molecular weight is 447 g/mol. The molecule has 5 rings (SSSR count). The van der Waals surface area contributed by atoms with Crippen LogP contribution in [0, 0.1) is 0 Å². The van der Waals surface area contributed by atoms with Crippen LogP contribution in [0.2, 0.25) is 0 Å². The van der Waals surface area contributed by atoms with Crippen molar-refractivity contribution in [3.8, 4) is 11.3 Å². The molecule has 33 heavy (non-hydrogen) atoms. The first-order valence-corrected chi connectivity index (χ1v) is 10.9. The summed E-state index contributed by atoms with van der Waals surface area (Å²) in [6.45, 7) is 0.738. The predicted molar refractivity (Wildman–Crippen MR) is 123 cm³/mol. The van der Waals surface area contributed by atoms with E-state index in [1.54, 1.807) is 10.9 Å². The fraction of sp³-hybridized carbons (Fsp3) is 0.333. The van der Waals surface area contributed by atoms with Crippen molar-refractivity contribution >= 4 is 16.9 Å². The predicted octanol–water partition coefficient (Wildman–Crippen LogP) is 1.84. The third kappa shape index (κ3) is 4.37. The third-order valence-corrected chi connectivity index (χ3v) is 6.02. The van der Waals surface area contributed by atoms with Crippen molar-refractivity contribution < 1.29 is 14.6 Å². The van der Waals surface area contributed by atoms with E-state index in [4.69, 9.17) is 4.74 Å². The van der Waals surface area contributed by atoms with Crippen molar-refractivity contribution in [2.45, 2.75) is 25.0 Å². The highest BCUT2D eigenvalue weighted by atomic mass is 16.5. The Morgan fingerprint density at radius 2 is 2.15 bits per heavy atom. The van der Waals surface area contributed by atoms with Gasteiger partial charge in [-0.2, -0.15) is 5.10 Å². The van der Waals surface area contributed by atoms with Gasteiger partial charge in [0.2, 0.25) is 0 Å². The van der Waals surface area contributed by atoms with Crippen LogP contribution < -0.4 is 5.32 Å². The summed E-state index contributed by atoms with van der Waals surface area (Å²) >= 11 is 0. The summed E-state index contributed by atoms with van der Waals surface area (Å²) in [6, 6.07) is 7.53. The third-order valence-electron chi connectivity index (χ3n) is 6.02. The van der Waals surface area contributed by atoms with Gasteiger partial charge in [0.15, 0.2) is 0 Å². The minimum absolute atomic E-state index is 0.225. The molecule has 170 valence electrons. The van der Waals surface area contributed by atoms with Gasteiger partial charge >= 0.3 is 0 Å². The molecule has 2 N–H and O–H groups in total. The second kappa shape index (κ2) is 8.76. The number of hydrogen-bond acceptors (Lipinski definition) is 6. The number of aliphatic hydroxyl groups is 1. The van der Waals surface area contributed by atoms with Gasteiger partial charge in [0, 0.05) is 50.2 Å². The molecular formula is C24H26N6O3. The SMILES string of the molecule is Cn1cc(-c2ccc(Cc3cc(C(=O)N[C@H]4CCOC[C@@H]4O)nc4c3ccn4C)cn2)cn1. The molecule has 0 bridgehead atoms. The molecule has 0 radical (unpaired) electrons. The number of carbonyl (C=O) groups excluding carboxylic acids is 1. The maximum atomic E-state index is 13.0. The standard InChI is InChI=1S/C24H26N6O3/c1-29-7-5-18-16(9-15-3-4-19(25-11-15)17-12-26-30(2)13-17)10-21(27-23(18)29)24(32)28-20-6-8-33-14-22(20)31/h3-5,7,10-13,20,22,31H,6,8-9,14H2,1-2H3,(H,28,32)/t20-,22-/m0/s1. The molecule has 9 heteroatoms. The Morgan fingerprint density at radius 1 is 1.27 bits per heavy atom. The summed E-state index contributed by atoms with van der Waals surface area (Å²) in [5, 5.41) is 18.2. The summed E-state index contributed by atoms with van der Waals surface area (Å²) in [5.74, 6) is -0.296. The van der Waals surface area contributed by atoms with E-state index in [9.17, 15) is 9.90 Å². The van der Waals surface area contributed by atoms with E-state index < -0.39 is 6.10 Å². The average Bonchev–Trinajstić information content (AvgIpc) is 3.42. The van der Waals surface area contributed by atoms with Gasteiger partial charge in [-0.05, 0) is 42.2 Å². The van der Waals surface area contributed by atoms with Crippen LogP contribution in [-0.4, -0.2) is 60.7 Å². The van der Waals surface area contributed by atoms with Crippen LogP contribution in [0.5, 0.6) is 0 Å². The number of fused-ring (bicyclic) bond motifs is 1. The van der Waals surface area contributed by atoms with Crippen molar-refractivity contribution in [1.82, 2.24) is 29.6 Å². The summed E-state index contributed by atoms with van der Waals surface area (Å²) in [4.78, 5) is 22.2. The van der Waals surface area contributed by atoms with Crippen LogP contribution in [0.25, 0.3) is 22.3 Å². The number of aromatic nitrogens is 5. The molecule has 9 nitrogen and oxygen atoms in total. The Bertz CT molecular complexity index is 1290. The molecule has 0 saturated carbocycles. The van der Waals surface area contributed by atoms with Gasteiger partial charge in [0.25, 0.3) is 5.91 Å². The lowest BCUT2D eigenvalue weighted by Crippen LogP contribution is -2.48. The first kappa shape index (κ1) is 21.3. The smallest absolute Gasteiger partial charge is 0.270 e. The molecule has 4 aromatic heterocycles. The van der Waals surface area contributed by atoms with E-state index in [2.05, 4.69) is 20.4 Å². The number of ether oxygens (including phenoxy) is 1. The Kier molecular flexibility index (Phi) is 5.65. The summed E-state index contributed by atoms with van der Waals surface area (Å²) in [5.41, 5.74) is 4.93. The second-order valence-corrected chi connectivity index (χ2v) is 8.47. The molecule has 1 saturated heterocycles. The Hall–Kier alpha value is -3.56. The Morgan fingerprint density at radius 3 is 2.88 bits per heavy atom. The number of amides is 1. The number of pyridine rings is 2. The monoisotopic (exact) mass is 446 g/mol. The van der Waals surface area contributed by atoms with E-state index in [1.807, 2.05) is 61.5 Å². The Labute approximate surface area is 191 Å². The number of nitrogens with one attached hydrogen (secondary N) is 1. The van der Waals surface area contributed by atoms with Gasteiger partial charge in [-0.25, -0.2) is 4.98 Å². The van der Waals surface area contributed by atoms with E-state index in [0.29, 0.717) is 25.1 Å². The highest BCUT2D eigenvalue weighted by molar-refractivity contribution is 5.95. The molecule has 4 aromatic rings. The van der Waals surface area contributed by atoms with Gasteiger partial charge < -0.3 is 19.7 Å². The lowest BCUT2D eigenvalue weighted by Gasteiger charge is -2.28. The molecule has 5 heterocycles. The van der Waals surface area contributed by atoms with Gasteiger partial charge in [-0.1, -0.05) is 6.07 Å². The zero-order chi connectivity index (χ0) is 22.9. The van der Waals surface area contributed by atoms with Crippen LogP contribution >= 0.6 is 0 Å². The molecular weight excluding hydrogens is 420 g/mol.